The van der Waals surface area contributed by atoms with Gasteiger partial charge in [-0.2, -0.15) is 0 Å². The minimum atomic E-state index is -0.769. The number of ketones is 1. The van der Waals surface area contributed by atoms with Crippen molar-refractivity contribution >= 4 is 11.9 Å². The molecule has 0 amide bonds. The second kappa shape index (κ2) is 10.7. The van der Waals surface area contributed by atoms with E-state index >= 15 is 0 Å². The van der Waals surface area contributed by atoms with Crippen LogP contribution in [-0.2, 0) is 19.7 Å². The van der Waals surface area contributed by atoms with Gasteiger partial charge < -0.3 is 19.5 Å². The maximum absolute atomic E-state index is 12.2. The molecule has 0 aliphatic heterocycles. The molecular formula is C23H37NO5. The predicted octanol–water partition coefficient (Wildman–Crippen LogP) is 4.48. The second-order valence-corrected chi connectivity index (χ2v) is 9.16. The number of nitrogens with one attached hydrogen (secondary N) is 1. The minimum absolute atomic E-state index is 0.0449. The lowest BCUT2D eigenvalue weighted by molar-refractivity contribution is -0.118. The largest absolute Gasteiger partial charge is 0.513 e. The molecule has 0 saturated heterocycles. The van der Waals surface area contributed by atoms with Crippen LogP contribution in [0.2, 0.25) is 0 Å². The average molecular weight is 408 g/mol. The van der Waals surface area contributed by atoms with Crippen LogP contribution in [0.3, 0.4) is 0 Å². The van der Waals surface area contributed by atoms with Crippen LogP contribution in [0.15, 0.2) is 12.1 Å². The average Bonchev–Trinajstić information content (AvgIpc) is 2.54. The number of carbonyl (C=O) groups excluding carboxylic acids is 2. The standard InChI is InChI=1S/C23H37NO5/c1-16-9-10-17(2)20(19(16)23(7,8)15-18(3)25)29-21(26)28-14-13-27-12-11-24-22(4,5)6/h9-10,24H,11-15H2,1-8H3. The summed E-state index contributed by atoms with van der Waals surface area (Å²) < 4.78 is 16.2. The van der Waals surface area contributed by atoms with Crippen LogP contribution < -0.4 is 10.1 Å². The van der Waals surface area contributed by atoms with Crippen molar-refractivity contribution in [2.75, 3.05) is 26.4 Å². The Morgan fingerprint density at radius 2 is 1.59 bits per heavy atom. The van der Waals surface area contributed by atoms with E-state index < -0.39 is 11.6 Å². The van der Waals surface area contributed by atoms with Crippen molar-refractivity contribution in [3.63, 3.8) is 0 Å². The van der Waals surface area contributed by atoms with Crippen molar-refractivity contribution in [1.82, 2.24) is 5.32 Å². The van der Waals surface area contributed by atoms with Crippen LogP contribution in [0, 0.1) is 13.8 Å². The summed E-state index contributed by atoms with van der Waals surface area (Å²) in [6.45, 7) is 17.3. The first-order chi connectivity index (χ1) is 13.3. The van der Waals surface area contributed by atoms with Crippen molar-refractivity contribution < 1.29 is 23.8 Å². The summed E-state index contributed by atoms with van der Waals surface area (Å²) in [4.78, 5) is 23.9. The highest BCUT2D eigenvalue weighted by Gasteiger charge is 2.30. The molecule has 0 saturated carbocycles. The predicted molar refractivity (Wildman–Crippen MR) is 115 cm³/mol. The highest BCUT2D eigenvalue weighted by atomic mass is 16.7. The van der Waals surface area contributed by atoms with Crippen LogP contribution >= 0.6 is 0 Å². The molecule has 6 heteroatoms. The summed E-state index contributed by atoms with van der Waals surface area (Å²) in [6, 6.07) is 3.88. The number of hydrogen-bond donors (Lipinski definition) is 1. The summed E-state index contributed by atoms with van der Waals surface area (Å²) in [7, 11) is 0. The Hall–Kier alpha value is -1.92. The summed E-state index contributed by atoms with van der Waals surface area (Å²) in [5, 5.41) is 3.32. The molecule has 0 heterocycles. The van der Waals surface area contributed by atoms with Gasteiger partial charge >= 0.3 is 6.16 Å². The van der Waals surface area contributed by atoms with Gasteiger partial charge in [0.2, 0.25) is 0 Å². The van der Waals surface area contributed by atoms with Gasteiger partial charge in [-0.1, -0.05) is 26.0 Å². The topological polar surface area (TPSA) is 73.9 Å². The molecule has 0 unspecified atom stereocenters. The second-order valence-electron chi connectivity index (χ2n) is 9.16. The van der Waals surface area contributed by atoms with Gasteiger partial charge in [0, 0.05) is 29.5 Å². The highest BCUT2D eigenvalue weighted by molar-refractivity contribution is 5.78. The van der Waals surface area contributed by atoms with Gasteiger partial charge in [-0.25, -0.2) is 4.79 Å². The van der Waals surface area contributed by atoms with E-state index in [4.69, 9.17) is 14.2 Å². The number of rotatable bonds is 10. The van der Waals surface area contributed by atoms with Crippen LogP contribution in [-0.4, -0.2) is 43.8 Å². The van der Waals surface area contributed by atoms with Gasteiger partial charge in [0.15, 0.2) is 0 Å². The molecule has 1 rings (SSSR count). The van der Waals surface area contributed by atoms with Crippen LogP contribution in [0.4, 0.5) is 4.79 Å². The van der Waals surface area contributed by atoms with Crippen molar-refractivity contribution in [3.8, 4) is 5.75 Å². The Kier molecular flexibility index (Phi) is 9.30. The first kappa shape index (κ1) is 25.1. The van der Waals surface area contributed by atoms with Gasteiger partial charge in [-0.3, -0.25) is 4.79 Å². The van der Waals surface area contributed by atoms with Gasteiger partial charge in [0.05, 0.1) is 13.2 Å². The molecule has 1 N–H and O–H groups in total. The SMILES string of the molecule is CC(=O)CC(C)(C)c1c(C)ccc(C)c1OC(=O)OCCOCCNC(C)(C)C. The molecule has 0 bridgehead atoms. The fourth-order valence-electron chi connectivity index (χ4n) is 3.37. The molecule has 0 atom stereocenters. The van der Waals surface area contributed by atoms with E-state index in [0.29, 0.717) is 25.4 Å². The molecule has 1 aromatic rings. The molecule has 164 valence electrons. The van der Waals surface area contributed by atoms with Gasteiger partial charge in [0.25, 0.3) is 0 Å². The lowest BCUT2D eigenvalue weighted by Gasteiger charge is -2.29. The Morgan fingerprint density at radius 3 is 2.17 bits per heavy atom. The van der Waals surface area contributed by atoms with Crippen molar-refractivity contribution in [1.29, 1.82) is 0 Å². The fraction of sp³-hybridized carbons (Fsp3) is 0.652. The minimum Gasteiger partial charge on any atom is -0.432 e. The molecule has 0 aromatic heterocycles. The molecular weight excluding hydrogens is 370 g/mol. The quantitative estimate of drug-likeness (QED) is 0.350. The van der Waals surface area contributed by atoms with E-state index in [-0.39, 0.29) is 17.9 Å². The number of Topliss-reactive ketones (excluding diaryl/α,β-unsaturated/α-hetero) is 1. The monoisotopic (exact) mass is 407 g/mol. The van der Waals surface area contributed by atoms with E-state index in [9.17, 15) is 9.59 Å². The fourth-order valence-corrected chi connectivity index (χ4v) is 3.37. The van der Waals surface area contributed by atoms with E-state index in [1.54, 1.807) is 6.92 Å². The van der Waals surface area contributed by atoms with E-state index in [1.165, 1.54) is 0 Å². The van der Waals surface area contributed by atoms with Crippen LogP contribution in [0.5, 0.6) is 5.75 Å². The Bertz CT molecular complexity index is 704. The number of benzene rings is 1. The van der Waals surface area contributed by atoms with Crippen molar-refractivity contribution in [2.24, 2.45) is 0 Å². The zero-order valence-corrected chi connectivity index (χ0v) is 19.2. The molecule has 0 spiro atoms. The molecule has 29 heavy (non-hydrogen) atoms. The Morgan fingerprint density at radius 1 is 0.966 bits per heavy atom. The molecule has 0 fully saturated rings. The summed E-state index contributed by atoms with van der Waals surface area (Å²) >= 11 is 0. The number of carbonyl (C=O) groups is 2. The zero-order valence-electron chi connectivity index (χ0n) is 19.2. The number of ether oxygens (including phenoxy) is 3. The molecule has 6 nitrogen and oxygen atoms in total. The third kappa shape index (κ3) is 8.96. The third-order valence-corrected chi connectivity index (χ3v) is 4.47. The normalized spacial score (nSPS) is 12.0. The highest BCUT2D eigenvalue weighted by Crippen LogP contribution is 2.39. The van der Waals surface area contributed by atoms with Crippen molar-refractivity contribution in [2.45, 2.75) is 72.8 Å². The van der Waals surface area contributed by atoms with Crippen LogP contribution in [0.1, 0.15) is 64.7 Å². The summed E-state index contributed by atoms with van der Waals surface area (Å²) in [5.41, 5.74) is 2.24. The number of hydrogen-bond acceptors (Lipinski definition) is 6. The van der Waals surface area contributed by atoms with E-state index in [0.717, 1.165) is 23.2 Å². The lowest BCUT2D eigenvalue weighted by Crippen LogP contribution is -2.38. The molecule has 0 aliphatic carbocycles. The lowest BCUT2D eigenvalue weighted by atomic mass is 9.77. The van der Waals surface area contributed by atoms with E-state index in [1.807, 2.05) is 39.8 Å². The van der Waals surface area contributed by atoms with Gasteiger partial charge in [-0.15, -0.1) is 0 Å². The molecule has 0 aliphatic rings. The zero-order chi connectivity index (χ0) is 22.2. The molecule has 0 radical (unpaired) electrons. The van der Waals surface area contributed by atoms with Crippen LogP contribution in [0.25, 0.3) is 0 Å². The maximum atomic E-state index is 12.2. The van der Waals surface area contributed by atoms with Gasteiger partial charge in [-0.05, 0) is 52.7 Å². The maximum Gasteiger partial charge on any atom is 0.513 e. The summed E-state index contributed by atoms with van der Waals surface area (Å²) in [6.07, 6.45) is -0.408. The smallest absolute Gasteiger partial charge is 0.432 e. The molecule has 1 aromatic carbocycles. The Labute approximate surface area is 175 Å². The third-order valence-electron chi connectivity index (χ3n) is 4.47. The van der Waals surface area contributed by atoms with E-state index in [2.05, 4.69) is 26.1 Å². The first-order valence-electron chi connectivity index (χ1n) is 10.1. The van der Waals surface area contributed by atoms with Crippen molar-refractivity contribution in [3.05, 3.63) is 28.8 Å². The summed E-state index contributed by atoms with van der Waals surface area (Å²) in [5.74, 6) is 0.555. The number of aryl methyl sites for hydroxylation is 2. The first-order valence-corrected chi connectivity index (χ1v) is 10.1. The Balaban J connectivity index is 2.65. The van der Waals surface area contributed by atoms with Gasteiger partial charge in [0.1, 0.15) is 18.1 Å².